The number of amides is 1. The number of hydrogen-bond donors (Lipinski definition) is 0. The third-order valence-corrected chi connectivity index (χ3v) is 5.10. The van der Waals surface area contributed by atoms with Crippen molar-refractivity contribution >= 4 is 22.0 Å². The molecule has 128 valence electrons. The van der Waals surface area contributed by atoms with E-state index >= 15 is 0 Å². The molecule has 0 unspecified atom stereocenters. The summed E-state index contributed by atoms with van der Waals surface area (Å²) in [6.07, 6.45) is -0.460. The first kappa shape index (κ1) is 17.2. The Labute approximate surface area is 147 Å². The summed E-state index contributed by atoms with van der Waals surface area (Å²) in [7, 11) is 0. The maximum absolute atomic E-state index is 14.3. The molecule has 1 aromatic carbocycles. The average molecular weight is 399 g/mol. The number of carbonyl (C=O) groups is 1. The van der Waals surface area contributed by atoms with Crippen LogP contribution >= 0.6 is 15.9 Å². The topological polar surface area (TPSA) is 53.3 Å². The largest absolute Gasteiger partial charge is 0.444 e. The number of rotatable bonds is 1. The standard InChI is InChI=1S/C17H17BrF2N2O2/c1-16(2,3)24-15(23)22-6-10-11(7-22)17(10,8-21)14-12(19)4-9(18)5-13(14)20/h4-5,10-11H,6-7H2,1-3H3/t10-,11+,17-. The molecule has 3 atom stereocenters. The van der Waals surface area contributed by atoms with Gasteiger partial charge in [0.1, 0.15) is 17.2 Å². The van der Waals surface area contributed by atoms with Crippen molar-refractivity contribution in [1.82, 2.24) is 4.90 Å². The van der Waals surface area contributed by atoms with E-state index in [9.17, 15) is 18.8 Å². The highest BCUT2D eigenvalue weighted by Crippen LogP contribution is 2.64. The van der Waals surface area contributed by atoms with Gasteiger partial charge in [-0.2, -0.15) is 5.26 Å². The van der Waals surface area contributed by atoms with Crippen molar-refractivity contribution in [3.8, 4) is 6.07 Å². The summed E-state index contributed by atoms with van der Waals surface area (Å²) in [6.45, 7) is 5.85. The Balaban J connectivity index is 1.82. The Morgan fingerprint density at radius 3 is 2.25 bits per heavy atom. The molecule has 0 aromatic heterocycles. The molecule has 1 heterocycles. The first-order valence-corrected chi connectivity index (χ1v) is 8.43. The molecular weight excluding hydrogens is 382 g/mol. The molecule has 1 amide bonds. The van der Waals surface area contributed by atoms with Crippen LogP contribution in [0.4, 0.5) is 13.6 Å². The van der Waals surface area contributed by atoms with E-state index in [1.807, 2.05) is 0 Å². The number of hydrogen-bond acceptors (Lipinski definition) is 3. The van der Waals surface area contributed by atoms with Crippen LogP contribution < -0.4 is 0 Å². The van der Waals surface area contributed by atoms with Crippen LogP contribution in [0.2, 0.25) is 0 Å². The number of nitriles is 1. The molecule has 0 N–H and O–H groups in total. The molecule has 2 aliphatic rings. The van der Waals surface area contributed by atoms with E-state index in [4.69, 9.17) is 4.74 Å². The van der Waals surface area contributed by atoms with Crippen LogP contribution in [0, 0.1) is 34.8 Å². The van der Waals surface area contributed by atoms with Gasteiger partial charge in [-0.3, -0.25) is 0 Å². The summed E-state index contributed by atoms with van der Waals surface area (Å²) in [5.41, 5.74) is -2.00. The smallest absolute Gasteiger partial charge is 0.410 e. The lowest BCUT2D eigenvalue weighted by atomic mass is 9.90. The second-order valence-corrected chi connectivity index (χ2v) is 8.24. The van der Waals surface area contributed by atoms with Gasteiger partial charge >= 0.3 is 6.09 Å². The average Bonchev–Trinajstić information content (AvgIpc) is 2.81. The number of carbonyl (C=O) groups excluding carboxylic acids is 1. The minimum absolute atomic E-state index is 0.188. The van der Waals surface area contributed by atoms with Gasteiger partial charge in [-0.15, -0.1) is 0 Å². The zero-order valence-electron chi connectivity index (χ0n) is 13.6. The van der Waals surface area contributed by atoms with Crippen molar-refractivity contribution < 1.29 is 18.3 Å². The molecule has 1 saturated heterocycles. The lowest BCUT2D eigenvalue weighted by Gasteiger charge is -2.27. The molecular formula is C17H17BrF2N2O2. The van der Waals surface area contributed by atoms with Crippen molar-refractivity contribution in [1.29, 1.82) is 5.26 Å². The Hall–Kier alpha value is -1.68. The summed E-state index contributed by atoms with van der Waals surface area (Å²) in [5.74, 6) is -2.02. The fourth-order valence-electron chi connectivity index (χ4n) is 3.64. The number of benzene rings is 1. The SMILES string of the molecule is CC(C)(C)OC(=O)N1C[C@@H]2[C@H](C1)[C@]2(C#N)c1c(F)cc(Br)cc1F. The van der Waals surface area contributed by atoms with Crippen LogP contribution in [0.25, 0.3) is 0 Å². The predicted molar refractivity (Wildman–Crippen MR) is 86.1 cm³/mol. The van der Waals surface area contributed by atoms with E-state index in [1.54, 1.807) is 20.8 Å². The van der Waals surface area contributed by atoms with Gasteiger partial charge in [-0.05, 0) is 32.9 Å². The quantitative estimate of drug-likeness (QED) is 0.718. The predicted octanol–water partition coefficient (Wildman–Crippen LogP) is 3.99. The molecule has 1 aliphatic carbocycles. The third kappa shape index (κ3) is 2.57. The first-order chi connectivity index (χ1) is 11.1. The van der Waals surface area contributed by atoms with Gasteiger partial charge in [0.2, 0.25) is 0 Å². The number of halogens is 3. The van der Waals surface area contributed by atoms with Crippen LogP contribution in [0.1, 0.15) is 26.3 Å². The summed E-state index contributed by atoms with van der Waals surface area (Å²) < 4.78 is 34.2. The Kier molecular flexibility index (Phi) is 3.87. The summed E-state index contributed by atoms with van der Waals surface area (Å²) in [5, 5.41) is 9.62. The van der Waals surface area contributed by atoms with Crippen LogP contribution in [-0.4, -0.2) is 29.7 Å². The molecule has 3 rings (SSSR count). The van der Waals surface area contributed by atoms with E-state index in [-0.39, 0.29) is 35.0 Å². The summed E-state index contributed by atoms with van der Waals surface area (Å²) >= 11 is 3.04. The zero-order valence-corrected chi connectivity index (χ0v) is 15.2. The first-order valence-electron chi connectivity index (χ1n) is 7.64. The molecule has 1 saturated carbocycles. The van der Waals surface area contributed by atoms with Crippen molar-refractivity contribution in [2.45, 2.75) is 31.8 Å². The minimum Gasteiger partial charge on any atom is -0.444 e. The summed E-state index contributed by atoms with van der Waals surface area (Å²) in [6, 6.07) is 4.43. The number of ether oxygens (including phenoxy) is 1. The van der Waals surface area contributed by atoms with Gasteiger partial charge in [-0.25, -0.2) is 13.6 Å². The molecule has 0 spiro atoms. The lowest BCUT2D eigenvalue weighted by molar-refractivity contribution is 0.0265. The van der Waals surface area contributed by atoms with Gasteiger partial charge in [0.25, 0.3) is 0 Å². The van der Waals surface area contributed by atoms with Gasteiger partial charge in [0.15, 0.2) is 0 Å². The number of nitrogens with zero attached hydrogens (tertiary/aromatic N) is 2. The minimum atomic E-state index is -1.20. The highest BCUT2D eigenvalue weighted by atomic mass is 79.9. The highest BCUT2D eigenvalue weighted by Gasteiger charge is 2.72. The Morgan fingerprint density at radius 2 is 1.83 bits per heavy atom. The maximum atomic E-state index is 14.3. The summed E-state index contributed by atoms with van der Waals surface area (Å²) in [4.78, 5) is 13.6. The van der Waals surface area contributed by atoms with Crippen molar-refractivity contribution in [2.75, 3.05) is 13.1 Å². The van der Waals surface area contributed by atoms with Crippen LogP contribution in [0.3, 0.4) is 0 Å². The van der Waals surface area contributed by atoms with Crippen LogP contribution in [0.5, 0.6) is 0 Å². The normalized spacial score (nSPS) is 28.3. The molecule has 7 heteroatoms. The Bertz CT molecular complexity index is 719. The van der Waals surface area contributed by atoms with E-state index in [0.717, 1.165) is 12.1 Å². The van der Waals surface area contributed by atoms with E-state index < -0.39 is 28.7 Å². The molecule has 0 radical (unpaired) electrons. The molecule has 4 nitrogen and oxygen atoms in total. The number of fused-ring (bicyclic) bond motifs is 1. The van der Waals surface area contributed by atoms with E-state index in [2.05, 4.69) is 22.0 Å². The molecule has 1 aromatic rings. The van der Waals surface area contributed by atoms with Crippen LogP contribution in [0.15, 0.2) is 16.6 Å². The number of piperidine rings is 1. The van der Waals surface area contributed by atoms with Crippen molar-refractivity contribution in [3.63, 3.8) is 0 Å². The van der Waals surface area contributed by atoms with Crippen LogP contribution in [-0.2, 0) is 10.2 Å². The fourth-order valence-corrected chi connectivity index (χ4v) is 4.04. The van der Waals surface area contributed by atoms with Gasteiger partial charge in [-0.1, -0.05) is 15.9 Å². The van der Waals surface area contributed by atoms with Gasteiger partial charge < -0.3 is 9.64 Å². The molecule has 0 bridgehead atoms. The zero-order chi connectivity index (χ0) is 17.9. The second-order valence-electron chi connectivity index (χ2n) is 7.32. The highest BCUT2D eigenvalue weighted by molar-refractivity contribution is 9.10. The lowest BCUT2D eigenvalue weighted by Crippen LogP contribution is -2.39. The molecule has 1 aliphatic heterocycles. The Morgan fingerprint density at radius 1 is 1.33 bits per heavy atom. The van der Waals surface area contributed by atoms with Crippen molar-refractivity contribution in [3.05, 3.63) is 33.8 Å². The molecule has 2 fully saturated rings. The second kappa shape index (κ2) is 5.41. The van der Waals surface area contributed by atoms with Gasteiger partial charge in [0.05, 0.1) is 11.5 Å². The van der Waals surface area contributed by atoms with E-state index in [0.29, 0.717) is 0 Å². The fraction of sp³-hybridized carbons (Fsp3) is 0.529. The maximum Gasteiger partial charge on any atom is 0.410 e. The van der Waals surface area contributed by atoms with Crippen molar-refractivity contribution in [2.24, 2.45) is 11.8 Å². The third-order valence-electron chi connectivity index (χ3n) is 4.64. The number of likely N-dealkylation sites (tertiary alicyclic amines) is 1. The molecule has 24 heavy (non-hydrogen) atoms. The monoisotopic (exact) mass is 398 g/mol. The van der Waals surface area contributed by atoms with Gasteiger partial charge in [0, 0.05) is 35.0 Å². The van der Waals surface area contributed by atoms with E-state index in [1.165, 1.54) is 4.90 Å².